The van der Waals surface area contributed by atoms with Crippen molar-refractivity contribution in [1.82, 2.24) is 34.6 Å². The highest BCUT2D eigenvalue weighted by Gasteiger charge is 2.46. The topological polar surface area (TPSA) is 180 Å². The summed E-state index contributed by atoms with van der Waals surface area (Å²) in [6, 6.07) is 6.30. The molecular formula is C38H38BrN9O6. The summed E-state index contributed by atoms with van der Waals surface area (Å²) in [5.74, 6) is -1.52. The zero-order chi connectivity index (χ0) is 37.8. The molecule has 2 saturated heterocycles. The van der Waals surface area contributed by atoms with E-state index in [4.69, 9.17) is 4.98 Å². The predicted molar refractivity (Wildman–Crippen MR) is 202 cm³/mol. The minimum Gasteiger partial charge on any atom is -0.368 e. The number of piperazine rings is 1. The second kappa shape index (κ2) is 14.1. The first-order chi connectivity index (χ1) is 26.0. The van der Waals surface area contributed by atoms with Crippen LogP contribution in [0.15, 0.2) is 45.9 Å². The molecule has 6 heterocycles. The molecule has 1 saturated carbocycles. The number of aryl methyl sites for hydroxylation is 1. The number of amides is 4. The van der Waals surface area contributed by atoms with Gasteiger partial charge in [0.1, 0.15) is 17.5 Å². The number of ketones is 1. The maximum absolute atomic E-state index is 13.6. The van der Waals surface area contributed by atoms with E-state index < -0.39 is 29.7 Å². The molecule has 1 aromatic carbocycles. The summed E-state index contributed by atoms with van der Waals surface area (Å²) >= 11 is 3.58. The van der Waals surface area contributed by atoms with Gasteiger partial charge in [0.2, 0.25) is 17.8 Å². The molecule has 278 valence electrons. The number of fused-ring (bicyclic) bond motifs is 2. The van der Waals surface area contributed by atoms with Gasteiger partial charge >= 0.3 is 0 Å². The molecule has 8 rings (SSSR count). The predicted octanol–water partition coefficient (Wildman–Crippen LogP) is 4.04. The van der Waals surface area contributed by atoms with Crippen molar-refractivity contribution in [3.05, 3.63) is 79.3 Å². The summed E-state index contributed by atoms with van der Waals surface area (Å²) in [7, 11) is 0. The van der Waals surface area contributed by atoms with Gasteiger partial charge in [-0.3, -0.25) is 48.5 Å². The SMILES string of the molecule is CC(=O)c1c(C)c2cnc(Nc3ccc(N4CCN(Cc5ccc6c(c5Br)C(=O)N(C5CCC(=O)NC5=O)C6=O)CC4)cn3)nc2n(C2CCCC2)c1=O. The number of hydrogen-bond donors (Lipinski definition) is 2. The smallest absolute Gasteiger partial charge is 0.263 e. The molecule has 1 aliphatic carbocycles. The lowest BCUT2D eigenvalue weighted by molar-refractivity contribution is -0.136. The van der Waals surface area contributed by atoms with Crippen LogP contribution in [0.4, 0.5) is 17.5 Å². The summed E-state index contributed by atoms with van der Waals surface area (Å²) in [6.07, 6.45) is 7.41. The number of benzene rings is 1. The fourth-order valence-electron chi connectivity index (χ4n) is 8.16. The lowest BCUT2D eigenvalue weighted by atomic mass is 10.0. The van der Waals surface area contributed by atoms with Gasteiger partial charge in [-0.2, -0.15) is 4.98 Å². The Bertz CT molecular complexity index is 2310. The number of pyridine rings is 2. The number of imide groups is 2. The third-order valence-corrected chi connectivity index (χ3v) is 11.9. The Hall–Kier alpha value is -5.35. The van der Waals surface area contributed by atoms with E-state index in [1.54, 1.807) is 30.0 Å². The maximum Gasteiger partial charge on any atom is 0.263 e. The Morgan fingerprint density at radius 2 is 1.70 bits per heavy atom. The fraction of sp³-hybridized carbons (Fsp3) is 0.395. The molecule has 4 aliphatic rings. The van der Waals surface area contributed by atoms with Crippen molar-refractivity contribution in [3.8, 4) is 0 Å². The van der Waals surface area contributed by atoms with E-state index in [2.05, 4.69) is 46.3 Å². The minimum absolute atomic E-state index is 0.0121. The average molecular weight is 797 g/mol. The fourth-order valence-corrected chi connectivity index (χ4v) is 8.80. The molecule has 16 heteroatoms. The van der Waals surface area contributed by atoms with Gasteiger partial charge in [0.05, 0.1) is 28.6 Å². The molecule has 1 unspecified atom stereocenters. The van der Waals surface area contributed by atoms with Gasteiger partial charge in [0.25, 0.3) is 17.4 Å². The molecule has 0 spiro atoms. The summed E-state index contributed by atoms with van der Waals surface area (Å²) in [4.78, 5) is 96.1. The number of hydrogen-bond acceptors (Lipinski definition) is 12. The standard InChI is InChI=1S/C38H38BrN9O6/c1-20-26-18-41-38(44-33(26)47(23-5-3-4-6-23)36(53)30(20)21(2)49)42-28-11-8-24(17-40-28)46-15-13-45(14-16-46)19-22-7-9-25-31(32(22)39)37(54)48(35(25)52)27-10-12-29(50)43-34(27)51/h7-9,11,17-18,23,27H,3-6,10,12-16,19H2,1-2H3,(H,43,50,51)(H,40,41,42,44). The number of piperidine rings is 1. The van der Waals surface area contributed by atoms with Crippen LogP contribution < -0.4 is 21.1 Å². The van der Waals surface area contributed by atoms with Crippen LogP contribution in [0.25, 0.3) is 11.0 Å². The van der Waals surface area contributed by atoms with Crippen LogP contribution in [0.3, 0.4) is 0 Å². The summed E-state index contributed by atoms with van der Waals surface area (Å²) in [5, 5.41) is 6.09. The van der Waals surface area contributed by atoms with Gasteiger partial charge in [-0.1, -0.05) is 18.9 Å². The number of nitrogens with zero attached hydrogens (tertiary/aromatic N) is 7. The van der Waals surface area contributed by atoms with Crippen LogP contribution in [0.2, 0.25) is 0 Å². The lowest BCUT2D eigenvalue weighted by Gasteiger charge is -2.36. The number of halogens is 1. The molecule has 4 aromatic rings. The van der Waals surface area contributed by atoms with E-state index in [0.29, 0.717) is 39.4 Å². The molecule has 3 aliphatic heterocycles. The van der Waals surface area contributed by atoms with Gasteiger partial charge < -0.3 is 10.2 Å². The molecule has 3 aromatic heterocycles. The van der Waals surface area contributed by atoms with E-state index in [1.165, 1.54) is 6.92 Å². The zero-order valence-corrected chi connectivity index (χ0v) is 31.4. The monoisotopic (exact) mass is 795 g/mol. The number of anilines is 3. The number of carbonyl (C=O) groups is 5. The van der Waals surface area contributed by atoms with E-state index in [-0.39, 0.29) is 46.9 Å². The van der Waals surface area contributed by atoms with Crippen molar-refractivity contribution >= 4 is 73.8 Å². The number of Topliss-reactive ketones (excluding diaryl/α,β-unsaturated/α-hetero) is 1. The van der Waals surface area contributed by atoms with Gasteiger partial charge in [-0.25, -0.2) is 9.97 Å². The number of aromatic nitrogens is 4. The van der Waals surface area contributed by atoms with Crippen molar-refractivity contribution in [2.45, 2.75) is 71.0 Å². The van der Waals surface area contributed by atoms with Crippen molar-refractivity contribution < 1.29 is 24.0 Å². The van der Waals surface area contributed by atoms with Gasteiger partial charge in [0.15, 0.2) is 5.78 Å². The number of carbonyl (C=O) groups excluding carboxylic acids is 5. The van der Waals surface area contributed by atoms with Crippen LogP contribution in [0.1, 0.15) is 93.7 Å². The van der Waals surface area contributed by atoms with E-state index in [9.17, 15) is 28.8 Å². The highest BCUT2D eigenvalue weighted by molar-refractivity contribution is 9.10. The van der Waals surface area contributed by atoms with Crippen LogP contribution >= 0.6 is 15.9 Å². The second-order valence-electron chi connectivity index (χ2n) is 14.3. The Balaban J connectivity index is 0.921. The van der Waals surface area contributed by atoms with Gasteiger partial charge in [-0.05, 0) is 78.4 Å². The maximum atomic E-state index is 13.6. The van der Waals surface area contributed by atoms with Crippen LogP contribution in [-0.4, -0.2) is 91.0 Å². The van der Waals surface area contributed by atoms with Crippen LogP contribution in [0.5, 0.6) is 0 Å². The Kier molecular flexibility index (Phi) is 9.34. The highest BCUT2D eigenvalue weighted by Crippen LogP contribution is 2.36. The van der Waals surface area contributed by atoms with Crippen molar-refractivity contribution in [1.29, 1.82) is 0 Å². The molecule has 1 atom stereocenters. The normalized spacial score (nSPS) is 19.5. The Morgan fingerprint density at radius 1 is 0.944 bits per heavy atom. The third-order valence-electron chi connectivity index (χ3n) is 11.0. The van der Waals surface area contributed by atoms with Crippen LogP contribution in [-0.2, 0) is 16.1 Å². The molecule has 3 fully saturated rings. The molecule has 15 nitrogen and oxygen atoms in total. The summed E-state index contributed by atoms with van der Waals surface area (Å²) in [5.41, 5.74) is 3.31. The molecule has 54 heavy (non-hydrogen) atoms. The van der Waals surface area contributed by atoms with Crippen LogP contribution in [0, 0.1) is 6.92 Å². The molecular weight excluding hydrogens is 758 g/mol. The summed E-state index contributed by atoms with van der Waals surface area (Å²) < 4.78 is 2.23. The first-order valence-corrected chi connectivity index (χ1v) is 19.0. The van der Waals surface area contributed by atoms with E-state index >= 15 is 0 Å². The highest BCUT2D eigenvalue weighted by atomic mass is 79.9. The molecule has 0 bridgehead atoms. The lowest BCUT2D eigenvalue weighted by Crippen LogP contribution is -2.54. The van der Waals surface area contributed by atoms with Crippen molar-refractivity contribution in [2.24, 2.45) is 0 Å². The Morgan fingerprint density at radius 3 is 2.39 bits per heavy atom. The van der Waals surface area contributed by atoms with Crippen molar-refractivity contribution in [3.63, 3.8) is 0 Å². The van der Waals surface area contributed by atoms with E-state index in [1.807, 2.05) is 18.2 Å². The quantitative estimate of drug-likeness (QED) is 0.193. The minimum atomic E-state index is -1.01. The second-order valence-corrected chi connectivity index (χ2v) is 15.1. The average Bonchev–Trinajstić information content (AvgIpc) is 3.76. The molecule has 0 radical (unpaired) electrons. The largest absolute Gasteiger partial charge is 0.368 e. The molecule has 4 amide bonds. The van der Waals surface area contributed by atoms with Crippen molar-refractivity contribution in [2.75, 3.05) is 36.4 Å². The van der Waals surface area contributed by atoms with Gasteiger partial charge in [0, 0.05) is 61.2 Å². The number of rotatable bonds is 8. The number of nitrogens with one attached hydrogen (secondary N) is 2. The first-order valence-electron chi connectivity index (χ1n) is 18.2. The Labute approximate surface area is 318 Å². The van der Waals surface area contributed by atoms with Gasteiger partial charge in [-0.15, -0.1) is 0 Å². The zero-order valence-electron chi connectivity index (χ0n) is 29.9. The first kappa shape index (κ1) is 35.7. The van der Waals surface area contributed by atoms with E-state index in [0.717, 1.165) is 68.0 Å². The third kappa shape index (κ3) is 6.26. The summed E-state index contributed by atoms with van der Waals surface area (Å²) in [6.45, 7) is 6.73. The molecule has 2 N–H and O–H groups in total.